The van der Waals surface area contributed by atoms with E-state index in [-0.39, 0.29) is 0 Å². The number of rotatable bonds is 2. The van der Waals surface area contributed by atoms with Crippen molar-refractivity contribution in [1.29, 1.82) is 0 Å². The average Bonchev–Trinajstić information content (AvgIpc) is 3.05. The second kappa shape index (κ2) is 9.64. The van der Waals surface area contributed by atoms with Crippen LogP contribution in [-0.4, -0.2) is 23.9 Å². The fourth-order valence-electron chi connectivity index (χ4n) is 6.57. The molecule has 0 N–H and O–H groups in total. The lowest BCUT2D eigenvalue weighted by Gasteiger charge is -2.27. The van der Waals surface area contributed by atoms with Crippen molar-refractivity contribution in [2.24, 2.45) is 0 Å². The average molecular weight is 539 g/mol. The first-order chi connectivity index (χ1) is 20.7. The third-order valence-corrected chi connectivity index (χ3v) is 8.72. The predicted octanol–water partition coefficient (Wildman–Crippen LogP) is 9.90. The van der Waals surface area contributed by atoms with Gasteiger partial charge in [0.05, 0.1) is 0 Å². The van der Waals surface area contributed by atoms with Crippen LogP contribution in [0.2, 0.25) is 0 Å². The Morgan fingerprint density at radius 1 is 0.405 bits per heavy atom. The fraction of sp³-hybridized carbons (Fsp3) is 0.0500. The van der Waals surface area contributed by atoms with Gasteiger partial charge in [-0.05, 0) is 90.7 Å². The summed E-state index contributed by atoms with van der Waals surface area (Å²) in [6.45, 7) is 0. The maximum absolute atomic E-state index is 2.34. The first-order valence-electron chi connectivity index (χ1n) is 14.5. The molecule has 0 aromatic heterocycles. The smallest absolute Gasteiger partial charge is 0.0489 e. The van der Waals surface area contributed by atoms with E-state index < -0.39 is 0 Å². The van der Waals surface area contributed by atoms with Gasteiger partial charge in [-0.3, -0.25) is 0 Å². The van der Waals surface area contributed by atoms with Gasteiger partial charge < -0.3 is 9.80 Å². The summed E-state index contributed by atoms with van der Waals surface area (Å²) in [6, 6.07) is 39.6. The Hall–Kier alpha value is -5.34. The highest BCUT2D eigenvalue weighted by Crippen LogP contribution is 2.39. The molecule has 0 bridgehead atoms. The van der Waals surface area contributed by atoms with Crippen LogP contribution in [0.4, 0.5) is 0 Å². The standard InChI is InChI=1S/C40H30N2/c1-41-21-19-27(25-39(41)37-23-29-11-3-5-13-31(29)33-15-7-9-17-35(33)37)28-20-22-42(2)40(26-28)38-24-30-12-4-6-14-32(30)34-16-8-10-18-36(34)38/h3-26H,1-2H3/b28-27+. The van der Waals surface area contributed by atoms with Gasteiger partial charge in [0.2, 0.25) is 0 Å². The molecule has 0 aliphatic carbocycles. The number of fused-ring (bicyclic) bond motifs is 6. The molecule has 2 aliphatic heterocycles. The van der Waals surface area contributed by atoms with Crippen LogP contribution in [0.3, 0.4) is 0 Å². The SMILES string of the molecule is CN1C=C/C(=C2/C=CN(C)C(c3cc4ccccc4c4ccccc34)=C2)C=C1c1cc2ccccc2c2ccccc12. The normalized spacial score (nSPS) is 17.0. The maximum Gasteiger partial charge on any atom is 0.0489 e. The Morgan fingerprint density at radius 3 is 1.19 bits per heavy atom. The summed E-state index contributed by atoms with van der Waals surface area (Å²) in [5.74, 6) is 0. The molecule has 0 spiro atoms. The Kier molecular flexibility index (Phi) is 5.61. The minimum Gasteiger partial charge on any atom is -0.351 e. The molecule has 42 heavy (non-hydrogen) atoms. The molecule has 2 nitrogen and oxygen atoms in total. The molecule has 0 atom stereocenters. The third kappa shape index (κ3) is 3.88. The van der Waals surface area contributed by atoms with E-state index in [1.54, 1.807) is 0 Å². The minimum absolute atomic E-state index is 1.19. The zero-order valence-electron chi connectivity index (χ0n) is 23.8. The van der Waals surface area contributed by atoms with E-state index in [1.807, 2.05) is 0 Å². The topological polar surface area (TPSA) is 6.48 Å². The summed E-state index contributed by atoms with van der Waals surface area (Å²) in [7, 11) is 4.28. The van der Waals surface area contributed by atoms with Gasteiger partial charge in [-0.15, -0.1) is 0 Å². The lowest BCUT2D eigenvalue weighted by molar-refractivity contribution is 0.647. The molecule has 200 valence electrons. The van der Waals surface area contributed by atoms with Crippen molar-refractivity contribution < 1.29 is 0 Å². The van der Waals surface area contributed by atoms with Crippen molar-refractivity contribution in [3.05, 3.63) is 168 Å². The molecule has 0 amide bonds. The third-order valence-electron chi connectivity index (χ3n) is 8.72. The summed E-state index contributed by atoms with van der Waals surface area (Å²) in [6.07, 6.45) is 13.5. The molecule has 0 saturated carbocycles. The lowest BCUT2D eigenvalue weighted by atomic mass is 9.91. The summed E-state index contributed by atoms with van der Waals surface area (Å²) in [5, 5.41) is 10.2. The highest BCUT2D eigenvalue weighted by Gasteiger charge is 2.19. The van der Waals surface area contributed by atoms with Crippen LogP contribution >= 0.6 is 0 Å². The molecule has 0 saturated heterocycles. The number of benzene rings is 6. The minimum atomic E-state index is 1.19. The van der Waals surface area contributed by atoms with Crippen molar-refractivity contribution in [3.63, 3.8) is 0 Å². The summed E-state index contributed by atoms with van der Waals surface area (Å²) in [4.78, 5) is 4.47. The first kappa shape index (κ1) is 24.5. The second-order valence-corrected chi connectivity index (χ2v) is 11.2. The molecule has 0 unspecified atom stereocenters. The van der Waals surface area contributed by atoms with Gasteiger partial charge in [0.15, 0.2) is 0 Å². The summed E-state index contributed by atoms with van der Waals surface area (Å²) >= 11 is 0. The number of hydrogen-bond donors (Lipinski definition) is 0. The Balaban J connectivity index is 1.32. The summed E-state index contributed by atoms with van der Waals surface area (Å²) < 4.78 is 0. The van der Waals surface area contributed by atoms with Gasteiger partial charge in [0, 0.05) is 49.0 Å². The quantitative estimate of drug-likeness (QED) is 0.202. The van der Waals surface area contributed by atoms with E-state index >= 15 is 0 Å². The fourth-order valence-corrected chi connectivity index (χ4v) is 6.57. The van der Waals surface area contributed by atoms with Crippen LogP contribution < -0.4 is 0 Å². The Labute approximate surface area is 246 Å². The molecule has 6 aromatic rings. The first-order valence-corrected chi connectivity index (χ1v) is 14.5. The van der Waals surface area contributed by atoms with Crippen molar-refractivity contribution in [3.8, 4) is 0 Å². The van der Waals surface area contributed by atoms with Gasteiger partial charge in [-0.1, -0.05) is 97.1 Å². The Morgan fingerprint density at radius 2 is 0.762 bits per heavy atom. The van der Waals surface area contributed by atoms with Crippen molar-refractivity contribution in [1.82, 2.24) is 9.80 Å². The van der Waals surface area contributed by atoms with E-state index in [2.05, 4.69) is 170 Å². The van der Waals surface area contributed by atoms with E-state index in [1.165, 1.54) is 76.8 Å². The Bertz CT molecular complexity index is 2070. The van der Waals surface area contributed by atoms with Gasteiger partial charge in [0.25, 0.3) is 0 Å². The van der Waals surface area contributed by atoms with E-state index in [4.69, 9.17) is 0 Å². The monoisotopic (exact) mass is 538 g/mol. The lowest BCUT2D eigenvalue weighted by Crippen LogP contribution is -2.15. The summed E-state index contributed by atoms with van der Waals surface area (Å²) in [5.41, 5.74) is 7.28. The van der Waals surface area contributed by atoms with E-state index in [9.17, 15) is 0 Å². The molecule has 8 rings (SSSR count). The highest BCUT2D eigenvalue weighted by atomic mass is 15.1. The van der Waals surface area contributed by atoms with Crippen LogP contribution in [0.1, 0.15) is 11.1 Å². The number of nitrogens with zero attached hydrogens (tertiary/aromatic N) is 2. The van der Waals surface area contributed by atoms with Crippen molar-refractivity contribution >= 4 is 54.5 Å². The molecule has 2 heteroatoms. The molecular formula is C40H30N2. The van der Waals surface area contributed by atoms with Crippen LogP contribution in [0.15, 0.2) is 157 Å². The molecule has 2 heterocycles. The van der Waals surface area contributed by atoms with Gasteiger partial charge in [-0.25, -0.2) is 0 Å². The molecule has 6 aromatic carbocycles. The number of hydrogen-bond acceptors (Lipinski definition) is 2. The second-order valence-electron chi connectivity index (χ2n) is 11.2. The van der Waals surface area contributed by atoms with Crippen molar-refractivity contribution in [2.45, 2.75) is 0 Å². The van der Waals surface area contributed by atoms with Crippen LogP contribution in [-0.2, 0) is 0 Å². The molecular weight excluding hydrogens is 508 g/mol. The van der Waals surface area contributed by atoms with E-state index in [0.29, 0.717) is 0 Å². The van der Waals surface area contributed by atoms with Gasteiger partial charge in [0.1, 0.15) is 0 Å². The molecule has 2 aliphatic rings. The highest BCUT2D eigenvalue weighted by molar-refractivity contribution is 6.13. The van der Waals surface area contributed by atoms with Crippen LogP contribution in [0, 0.1) is 0 Å². The number of allylic oxidation sites excluding steroid dienone is 6. The predicted molar refractivity (Wildman–Crippen MR) is 180 cm³/mol. The maximum atomic E-state index is 2.34. The molecule has 0 fully saturated rings. The largest absolute Gasteiger partial charge is 0.351 e. The van der Waals surface area contributed by atoms with Crippen LogP contribution in [0.25, 0.3) is 54.5 Å². The van der Waals surface area contributed by atoms with E-state index in [0.717, 1.165) is 0 Å². The zero-order chi connectivity index (χ0) is 28.2. The van der Waals surface area contributed by atoms with Crippen molar-refractivity contribution in [2.75, 3.05) is 14.1 Å². The van der Waals surface area contributed by atoms with Gasteiger partial charge in [-0.2, -0.15) is 0 Å². The zero-order valence-corrected chi connectivity index (χ0v) is 23.8. The van der Waals surface area contributed by atoms with Crippen LogP contribution in [0.5, 0.6) is 0 Å². The van der Waals surface area contributed by atoms with Gasteiger partial charge >= 0.3 is 0 Å². The molecule has 0 radical (unpaired) electrons.